The van der Waals surface area contributed by atoms with Gasteiger partial charge >= 0.3 is 11.9 Å². The van der Waals surface area contributed by atoms with E-state index in [4.69, 9.17) is 9.47 Å². The van der Waals surface area contributed by atoms with Gasteiger partial charge in [0.15, 0.2) is 6.10 Å². The van der Waals surface area contributed by atoms with Crippen molar-refractivity contribution in [2.75, 3.05) is 13.2 Å². The number of esters is 2. The quantitative estimate of drug-likeness (QED) is 0.0373. The lowest BCUT2D eigenvalue weighted by Crippen LogP contribution is -2.28. The molecule has 0 heterocycles. The highest BCUT2D eigenvalue weighted by Gasteiger charge is 2.16. The second-order valence-corrected chi connectivity index (χ2v) is 28.9. The maximum Gasteiger partial charge on any atom is 0.306 e. The van der Waals surface area contributed by atoms with Crippen LogP contribution in [-0.2, 0) is 19.1 Å². The number of unbranched alkanes of at least 4 members (excludes halogenated alkanes) is 64. The van der Waals surface area contributed by atoms with E-state index >= 15 is 0 Å². The molecule has 0 saturated heterocycles. The van der Waals surface area contributed by atoms with Crippen LogP contribution in [0.4, 0.5) is 0 Å². The number of carbonyl (C=O) groups excluding carboxylic acids is 2. The Morgan fingerprint density at radius 1 is 0.250 bits per heavy atom. The smallest absolute Gasteiger partial charge is 0.306 e. The van der Waals surface area contributed by atoms with Gasteiger partial charge in [-0.2, -0.15) is 0 Å². The molecule has 1 unspecified atom stereocenters. The molecular weight excluding hydrogens is 1120 g/mol. The Morgan fingerprint density at radius 2 is 0.435 bits per heavy atom. The first-order chi connectivity index (χ1) is 45.6. The Hall–Kier alpha value is -2.14. The van der Waals surface area contributed by atoms with Crippen molar-refractivity contribution in [3.63, 3.8) is 0 Å². The molecule has 0 rings (SSSR count). The lowest BCUT2D eigenvalue weighted by atomic mass is 10.0. The molecule has 1 N–H and O–H groups in total. The van der Waals surface area contributed by atoms with E-state index in [0.29, 0.717) is 12.8 Å². The molecular formula is C87H164O5. The van der Waals surface area contributed by atoms with E-state index in [1.165, 1.54) is 405 Å². The summed E-state index contributed by atoms with van der Waals surface area (Å²) in [6.45, 7) is 4.19. The Labute approximate surface area is 577 Å². The lowest BCUT2D eigenvalue weighted by Gasteiger charge is -2.15. The SMILES string of the molecule is CCCCCCC/C=C\C/C=C\CCCCCCCCCCCCCCCCCCCCCCCCCCCCCCCC(=O)OC(CO)COC(=O)CCCCCCCCCCCCCCCCCCCCCCCCCCC/C=C\C/C=C\CCCCCCC. The van der Waals surface area contributed by atoms with Crippen LogP contribution in [0.15, 0.2) is 48.6 Å². The standard InChI is InChI=1S/C87H164O5/c1-3-5-7-9-11-13-15-17-19-21-23-25-27-29-31-33-35-37-39-41-42-43-44-46-48-50-52-54-56-58-60-62-64-66-68-70-72-74-76-78-80-82-87(90)92-85(83-88)84-91-86(89)81-79-77-75-73-71-69-67-65-63-61-59-57-55-53-51-49-47-45-40-38-36-34-32-30-28-26-24-22-20-18-16-14-12-10-8-6-4-2/h15-18,21-24,85,88H,3-14,19-20,25-84H2,1-2H3/b17-15-,18-16-,23-21-,24-22-. The van der Waals surface area contributed by atoms with Crippen LogP contribution in [0.2, 0.25) is 0 Å². The van der Waals surface area contributed by atoms with Gasteiger partial charge in [-0.15, -0.1) is 0 Å². The zero-order valence-corrected chi connectivity index (χ0v) is 62.6. The molecule has 0 aromatic rings. The van der Waals surface area contributed by atoms with E-state index in [9.17, 15) is 14.7 Å². The minimum Gasteiger partial charge on any atom is -0.462 e. The summed E-state index contributed by atoms with van der Waals surface area (Å²) < 4.78 is 10.8. The second-order valence-electron chi connectivity index (χ2n) is 28.9. The fraction of sp³-hybridized carbons (Fsp3) is 0.885. The molecule has 0 aromatic carbocycles. The van der Waals surface area contributed by atoms with Crippen molar-refractivity contribution in [3.8, 4) is 0 Å². The van der Waals surface area contributed by atoms with Gasteiger partial charge < -0.3 is 14.6 Å². The van der Waals surface area contributed by atoms with E-state index in [-0.39, 0.29) is 25.2 Å². The molecule has 5 heteroatoms. The summed E-state index contributed by atoms with van der Waals surface area (Å²) in [5.41, 5.74) is 0. The normalized spacial score (nSPS) is 12.3. The molecule has 0 spiro atoms. The van der Waals surface area contributed by atoms with Gasteiger partial charge in [0.2, 0.25) is 0 Å². The van der Waals surface area contributed by atoms with Crippen LogP contribution in [0.5, 0.6) is 0 Å². The summed E-state index contributed by atoms with van der Waals surface area (Å²) in [4.78, 5) is 24.7. The zero-order valence-electron chi connectivity index (χ0n) is 62.6. The number of aliphatic hydroxyl groups is 1. The summed E-state index contributed by atoms with van der Waals surface area (Å²) in [6.07, 6.45) is 114. The van der Waals surface area contributed by atoms with Crippen molar-refractivity contribution in [1.82, 2.24) is 0 Å². The average Bonchev–Trinajstić information content (AvgIpc) is 3.64. The third-order valence-corrected chi connectivity index (χ3v) is 19.6. The van der Waals surface area contributed by atoms with E-state index in [1.54, 1.807) is 0 Å². The number of aliphatic hydroxyl groups excluding tert-OH is 1. The average molecular weight is 1290 g/mol. The number of carbonyl (C=O) groups is 2. The van der Waals surface area contributed by atoms with Crippen LogP contribution >= 0.6 is 0 Å². The highest BCUT2D eigenvalue weighted by atomic mass is 16.6. The third-order valence-electron chi connectivity index (χ3n) is 19.6. The molecule has 0 fully saturated rings. The Morgan fingerprint density at radius 3 is 0.641 bits per heavy atom. The first kappa shape index (κ1) is 89.9. The Kier molecular flexibility index (Phi) is 81.2. The molecule has 1 atom stereocenters. The Bertz CT molecular complexity index is 1510. The summed E-state index contributed by atoms with van der Waals surface area (Å²) in [6, 6.07) is 0. The highest BCUT2D eigenvalue weighted by molar-refractivity contribution is 5.70. The number of rotatable bonds is 80. The molecule has 0 aromatic heterocycles. The summed E-state index contributed by atoms with van der Waals surface area (Å²) in [5, 5.41) is 9.74. The third kappa shape index (κ3) is 80.3. The fourth-order valence-electron chi connectivity index (χ4n) is 13.3. The molecule has 542 valence electrons. The molecule has 0 radical (unpaired) electrons. The predicted octanol–water partition coefficient (Wildman–Crippen LogP) is 29.8. The van der Waals surface area contributed by atoms with Gasteiger partial charge in [-0.25, -0.2) is 0 Å². The van der Waals surface area contributed by atoms with Crippen molar-refractivity contribution < 1.29 is 24.2 Å². The number of allylic oxidation sites excluding steroid dienone is 8. The summed E-state index contributed by atoms with van der Waals surface area (Å²) >= 11 is 0. The van der Waals surface area contributed by atoms with Crippen LogP contribution in [0.25, 0.3) is 0 Å². The molecule has 0 aliphatic carbocycles. The molecule has 5 nitrogen and oxygen atoms in total. The first-order valence-corrected chi connectivity index (χ1v) is 42.2. The highest BCUT2D eigenvalue weighted by Crippen LogP contribution is 2.20. The number of ether oxygens (including phenoxy) is 2. The van der Waals surface area contributed by atoms with Crippen LogP contribution in [0.1, 0.15) is 476 Å². The number of hydrogen-bond donors (Lipinski definition) is 1. The van der Waals surface area contributed by atoms with Crippen molar-refractivity contribution in [3.05, 3.63) is 48.6 Å². The fourth-order valence-corrected chi connectivity index (χ4v) is 13.3. The van der Waals surface area contributed by atoms with Crippen molar-refractivity contribution in [2.24, 2.45) is 0 Å². The first-order valence-electron chi connectivity index (χ1n) is 42.2. The number of hydrogen-bond acceptors (Lipinski definition) is 5. The van der Waals surface area contributed by atoms with Gasteiger partial charge in [0, 0.05) is 12.8 Å². The van der Waals surface area contributed by atoms with E-state index in [1.807, 2.05) is 0 Å². The van der Waals surface area contributed by atoms with E-state index in [0.717, 1.165) is 44.9 Å². The Balaban J connectivity index is 3.35. The predicted molar refractivity (Wildman–Crippen MR) is 408 cm³/mol. The van der Waals surface area contributed by atoms with Crippen molar-refractivity contribution >= 4 is 11.9 Å². The molecule has 0 bridgehead atoms. The van der Waals surface area contributed by atoms with E-state index < -0.39 is 6.10 Å². The van der Waals surface area contributed by atoms with Crippen molar-refractivity contribution in [1.29, 1.82) is 0 Å². The zero-order chi connectivity index (χ0) is 66.1. The van der Waals surface area contributed by atoms with Crippen molar-refractivity contribution in [2.45, 2.75) is 482 Å². The molecule has 0 aliphatic heterocycles. The van der Waals surface area contributed by atoms with Gasteiger partial charge in [-0.3, -0.25) is 9.59 Å². The largest absolute Gasteiger partial charge is 0.462 e. The molecule has 0 saturated carbocycles. The minimum atomic E-state index is -0.770. The maximum absolute atomic E-state index is 12.4. The van der Waals surface area contributed by atoms with Crippen LogP contribution in [0.3, 0.4) is 0 Å². The van der Waals surface area contributed by atoms with Gasteiger partial charge in [0.05, 0.1) is 6.61 Å². The van der Waals surface area contributed by atoms with Crippen LogP contribution in [-0.4, -0.2) is 36.4 Å². The van der Waals surface area contributed by atoms with Gasteiger partial charge in [-0.05, 0) is 77.0 Å². The van der Waals surface area contributed by atoms with Gasteiger partial charge in [0.1, 0.15) is 6.61 Å². The maximum atomic E-state index is 12.4. The van der Waals surface area contributed by atoms with Gasteiger partial charge in [0.25, 0.3) is 0 Å². The molecule has 0 aliphatic rings. The molecule has 0 amide bonds. The summed E-state index contributed by atoms with van der Waals surface area (Å²) in [5.74, 6) is -0.560. The monoisotopic (exact) mass is 1290 g/mol. The summed E-state index contributed by atoms with van der Waals surface area (Å²) in [7, 11) is 0. The minimum absolute atomic E-state index is 0.0582. The topological polar surface area (TPSA) is 72.8 Å². The van der Waals surface area contributed by atoms with Gasteiger partial charge in [-0.1, -0.05) is 435 Å². The van der Waals surface area contributed by atoms with Crippen LogP contribution in [0, 0.1) is 0 Å². The molecule has 92 heavy (non-hydrogen) atoms. The van der Waals surface area contributed by atoms with E-state index in [2.05, 4.69) is 62.5 Å². The second kappa shape index (κ2) is 83.1. The lowest BCUT2D eigenvalue weighted by molar-refractivity contribution is -0.161. The van der Waals surface area contributed by atoms with Crippen LogP contribution < -0.4 is 0 Å².